The molecule has 0 aliphatic heterocycles. The van der Waals surface area contributed by atoms with Crippen LogP contribution in [0.4, 0.5) is 52.7 Å². The Labute approximate surface area is 166 Å². The maximum absolute atomic E-state index is 11.4. The Morgan fingerprint density at radius 3 is 0.767 bits per heavy atom. The van der Waals surface area contributed by atoms with Crippen molar-refractivity contribution in [3.05, 3.63) is 23.7 Å². The minimum atomic E-state index is -5.42. The minimum Gasteiger partial charge on any atom is -0.504 e. The van der Waals surface area contributed by atoms with Crippen molar-refractivity contribution in [1.29, 1.82) is 0 Å². The molecule has 0 spiro atoms. The number of carbonyl (C=O) groups is 2. The molecule has 0 fully saturated rings. The van der Waals surface area contributed by atoms with E-state index in [1.54, 1.807) is 0 Å². The first-order chi connectivity index (χ1) is 11.1. The summed E-state index contributed by atoms with van der Waals surface area (Å²) in [5.74, 6) is -10.7. The van der Waals surface area contributed by atoms with Gasteiger partial charge in [0.1, 0.15) is 0 Å². The van der Waals surface area contributed by atoms with Crippen molar-refractivity contribution < 1.29 is 105 Å². The van der Waals surface area contributed by atoms with Gasteiger partial charge in [0.15, 0.2) is 0 Å². The molecule has 8 N–H and O–H groups in total. The van der Waals surface area contributed by atoms with Gasteiger partial charge in [0, 0.05) is 28.6 Å². The third-order valence-electron chi connectivity index (χ3n) is 1.68. The Balaban J connectivity index is -0.0000000847. The number of carbonyl (C=O) groups excluding carboxylic acids is 2. The second-order valence-electron chi connectivity index (χ2n) is 3.78. The zero-order valence-corrected chi connectivity index (χ0v) is 14.2. The van der Waals surface area contributed by atoms with Gasteiger partial charge in [-0.25, -0.2) is 0 Å². The normalized spacial score (nSPS) is 12.5. The van der Waals surface area contributed by atoms with Gasteiger partial charge in [-0.2, -0.15) is 52.7 Å². The van der Waals surface area contributed by atoms with Crippen molar-refractivity contribution in [1.82, 2.24) is 0 Å². The molecule has 0 aliphatic carbocycles. The number of allylic oxidation sites excluding steroid dienone is 4. The van der Waals surface area contributed by atoms with E-state index in [0.717, 1.165) is 0 Å². The van der Waals surface area contributed by atoms with Crippen LogP contribution in [0.2, 0.25) is 0 Å². The first-order valence-corrected chi connectivity index (χ1v) is 5.28. The van der Waals surface area contributed by atoms with E-state index >= 15 is 0 Å². The van der Waals surface area contributed by atoms with Crippen LogP contribution >= 0.6 is 0 Å². The van der Waals surface area contributed by atoms with E-state index in [9.17, 15) is 62.3 Å². The zero-order valence-electron chi connectivity index (χ0n) is 13.2. The number of aliphatic hydroxyl groups excluding tert-OH is 2. The third kappa shape index (κ3) is 18.0. The molecule has 0 aromatic carbocycles. The van der Waals surface area contributed by atoms with E-state index in [-0.39, 0.29) is 32.9 Å². The second-order valence-corrected chi connectivity index (χ2v) is 3.78. The molecule has 20 heteroatoms. The molecule has 0 saturated carbocycles. The second kappa shape index (κ2) is 14.0. The Kier molecular flexibility index (Phi) is 19.7. The van der Waals surface area contributed by atoms with E-state index in [4.69, 9.17) is 10.2 Å². The molecule has 0 aliphatic rings. The van der Waals surface area contributed by atoms with Crippen LogP contribution in [0.5, 0.6) is 0 Å². The van der Waals surface area contributed by atoms with E-state index in [0.29, 0.717) is 0 Å². The molecule has 0 radical (unpaired) electrons. The van der Waals surface area contributed by atoms with Gasteiger partial charge in [-0.3, -0.25) is 9.59 Å². The van der Waals surface area contributed by atoms with Crippen molar-refractivity contribution in [3.63, 3.8) is 0 Å². The fraction of sp³-hybridized carbons (Fsp3) is 0.400. The number of ketones is 2. The number of hydrogen-bond donors (Lipinski definition) is 2. The topological polar surface area (TPSA) is 169 Å². The number of halogens is 12. The van der Waals surface area contributed by atoms with Gasteiger partial charge in [0.05, 0.1) is 0 Å². The predicted octanol–water partition coefficient (Wildman–Crippen LogP) is 1.77. The smallest absolute Gasteiger partial charge is 0.454 e. The first kappa shape index (κ1) is 42.1. The summed E-state index contributed by atoms with van der Waals surface area (Å²) in [6, 6.07) is 0. The Hall–Kier alpha value is -2.05. The summed E-state index contributed by atoms with van der Waals surface area (Å²) in [5.41, 5.74) is 0. The van der Waals surface area contributed by atoms with Gasteiger partial charge in [0.25, 0.3) is 11.6 Å². The van der Waals surface area contributed by atoms with Crippen LogP contribution < -0.4 is 0 Å². The number of aliphatic hydroxyl groups is 2. The van der Waals surface area contributed by atoms with Crippen molar-refractivity contribution in [2.45, 2.75) is 24.7 Å². The van der Waals surface area contributed by atoms with E-state index in [1.807, 2.05) is 0 Å². The molecule has 7 nitrogen and oxygen atoms in total. The molecule has 0 amide bonds. The van der Waals surface area contributed by atoms with Crippen LogP contribution in [0.1, 0.15) is 0 Å². The summed E-state index contributed by atoms with van der Waals surface area (Å²) in [6.07, 6.45) is -23.4. The third-order valence-corrected chi connectivity index (χ3v) is 1.68. The molecule has 0 rings (SSSR count). The molecule has 0 aromatic heterocycles. The molecule has 186 valence electrons. The van der Waals surface area contributed by atoms with Crippen LogP contribution in [-0.2, 0) is 26.1 Å². The van der Waals surface area contributed by atoms with Gasteiger partial charge in [-0.15, -0.1) is 0 Å². The van der Waals surface area contributed by atoms with Crippen LogP contribution in [0, 0.1) is 0 Å². The Morgan fingerprint density at radius 1 is 0.500 bits per heavy atom. The SMILES string of the molecule is O.O.O.O=C(/C=C(\O)C(F)(F)F)C(F)(F)F.O=C(/C=C(\O)C(F)(F)F)C(F)(F)F.[Ni]. The fourth-order valence-electron chi connectivity index (χ4n) is 0.576. The maximum atomic E-state index is 11.4. The largest absolute Gasteiger partial charge is 0.504 e. The van der Waals surface area contributed by atoms with E-state index in [1.165, 1.54) is 0 Å². The Bertz CT molecular complexity index is 534. The zero-order chi connectivity index (χ0) is 21.7. The van der Waals surface area contributed by atoms with Crippen LogP contribution in [0.3, 0.4) is 0 Å². The van der Waals surface area contributed by atoms with Crippen molar-refractivity contribution >= 4 is 11.6 Å². The molecular formula is C10H10F12NiO7. The fourth-order valence-corrected chi connectivity index (χ4v) is 0.576. The van der Waals surface area contributed by atoms with Gasteiger partial charge < -0.3 is 26.6 Å². The summed E-state index contributed by atoms with van der Waals surface area (Å²) in [6.45, 7) is 0. The predicted molar refractivity (Wildman–Crippen MR) is 66.5 cm³/mol. The summed E-state index contributed by atoms with van der Waals surface area (Å²) in [7, 11) is 0. The molecular weight excluding hydrogens is 519 g/mol. The van der Waals surface area contributed by atoms with Gasteiger partial charge in [-0.1, -0.05) is 0 Å². The summed E-state index contributed by atoms with van der Waals surface area (Å²) < 4.78 is 136. The van der Waals surface area contributed by atoms with Crippen LogP contribution in [-0.4, -0.2) is 62.9 Å². The molecule has 0 unspecified atom stereocenters. The summed E-state index contributed by atoms with van der Waals surface area (Å²) in [4.78, 5) is 19.7. The first-order valence-electron chi connectivity index (χ1n) is 5.28. The Morgan fingerprint density at radius 2 is 0.667 bits per heavy atom. The molecule has 0 atom stereocenters. The maximum Gasteiger partial charge on any atom is 0.454 e. The minimum absolute atomic E-state index is 0. The van der Waals surface area contributed by atoms with Gasteiger partial charge >= 0.3 is 24.7 Å². The average Bonchev–Trinajstić information content (AvgIpc) is 2.34. The summed E-state index contributed by atoms with van der Waals surface area (Å²) in [5, 5.41) is 15.9. The van der Waals surface area contributed by atoms with Crippen LogP contribution in [0.15, 0.2) is 23.7 Å². The number of hydrogen-bond acceptors (Lipinski definition) is 4. The molecule has 0 heterocycles. The molecule has 0 saturated heterocycles. The molecule has 30 heavy (non-hydrogen) atoms. The summed E-state index contributed by atoms with van der Waals surface area (Å²) >= 11 is 0. The average molecular weight is 529 g/mol. The monoisotopic (exact) mass is 528 g/mol. The molecule has 0 aromatic rings. The molecule has 0 bridgehead atoms. The van der Waals surface area contributed by atoms with Gasteiger partial charge in [0.2, 0.25) is 11.5 Å². The van der Waals surface area contributed by atoms with Crippen molar-refractivity contribution in [2.75, 3.05) is 0 Å². The van der Waals surface area contributed by atoms with Gasteiger partial charge in [-0.05, 0) is 0 Å². The van der Waals surface area contributed by atoms with E-state index in [2.05, 4.69) is 0 Å². The van der Waals surface area contributed by atoms with Crippen LogP contribution in [0.25, 0.3) is 0 Å². The standard InChI is InChI=1S/2C5H2F6O2.Ni.3H2O/c2*6-4(7,8)2(12)1-3(13)5(9,10)11;;;;/h2*1,12H;;3*1H2/b2*2-1-;;;;. The van der Waals surface area contributed by atoms with Crippen molar-refractivity contribution in [2.24, 2.45) is 0 Å². The number of alkyl halides is 12. The number of rotatable bonds is 2. The quantitative estimate of drug-likeness (QED) is 0.241. The van der Waals surface area contributed by atoms with Crippen molar-refractivity contribution in [3.8, 4) is 0 Å². The van der Waals surface area contributed by atoms with E-state index < -0.39 is 59.9 Å².